The lowest BCUT2D eigenvalue weighted by molar-refractivity contribution is -0.119. The molecule has 2 fully saturated rings. The van der Waals surface area contributed by atoms with Crippen LogP contribution in [0.1, 0.15) is 32.1 Å². The number of hydrogen-bond donors (Lipinski definition) is 0. The minimum atomic E-state index is -0.677. The molecule has 2 bridgehead atoms. The molecule has 62 valence electrons. The van der Waals surface area contributed by atoms with Gasteiger partial charge in [0, 0.05) is 34.1 Å². The predicted octanol–water partition coefficient (Wildman–Crippen LogP) is 1.02. The van der Waals surface area contributed by atoms with Crippen LogP contribution < -0.4 is 0 Å². The average molecular weight is 172 g/mol. The second-order valence-electron chi connectivity index (χ2n) is 3.45. The molecule has 0 aromatic rings. The Morgan fingerprint density at radius 1 is 1.18 bits per heavy atom. The number of rotatable bonds is 0. The lowest BCUT2D eigenvalue weighted by Crippen LogP contribution is -2.39. The average Bonchev–Trinajstić information content (AvgIpc) is 1.92. The summed E-state index contributed by atoms with van der Waals surface area (Å²) < 4.78 is 11.5. The van der Waals surface area contributed by atoms with E-state index in [9.17, 15) is 9.00 Å². The Hall–Kier alpha value is -0.180. The van der Waals surface area contributed by atoms with Gasteiger partial charge in [0.2, 0.25) is 0 Å². The van der Waals surface area contributed by atoms with E-state index in [-0.39, 0.29) is 10.5 Å². The second-order valence-corrected chi connectivity index (χ2v) is 5.44. The summed E-state index contributed by atoms with van der Waals surface area (Å²) in [6, 6.07) is 0. The number of ketones is 1. The Balaban J connectivity index is 2.19. The van der Waals surface area contributed by atoms with Crippen LogP contribution in [0.5, 0.6) is 0 Å². The standard InChI is InChI=1S/C8H12O2S/c9-6-4-7-2-1-3-8(5-6)11(7)10/h7-8H,1-5H2/t7-,8-/m0/s1. The first-order valence-corrected chi connectivity index (χ1v) is 5.46. The molecule has 2 aliphatic rings. The van der Waals surface area contributed by atoms with E-state index in [2.05, 4.69) is 0 Å². The zero-order valence-corrected chi connectivity index (χ0v) is 7.23. The molecule has 0 unspecified atom stereocenters. The Labute approximate surface area is 68.8 Å². The Bertz CT molecular complexity index is 194. The third-order valence-electron chi connectivity index (χ3n) is 2.62. The minimum Gasteiger partial charge on any atom is -0.300 e. The van der Waals surface area contributed by atoms with Gasteiger partial charge in [-0.1, -0.05) is 6.42 Å². The van der Waals surface area contributed by atoms with Crippen LogP contribution in [0.15, 0.2) is 0 Å². The fourth-order valence-corrected chi connectivity index (χ4v) is 4.08. The topological polar surface area (TPSA) is 34.1 Å². The lowest BCUT2D eigenvalue weighted by Gasteiger charge is -2.32. The first-order chi connectivity index (χ1) is 5.27. The van der Waals surface area contributed by atoms with Crippen molar-refractivity contribution < 1.29 is 9.00 Å². The van der Waals surface area contributed by atoms with Gasteiger partial charge in [-0.15, -0.1) is 0 Å². The van der Waals surface area contributed by atoms with Crippen molar-refractivity contribution in [3.8, 4) is 0 Å². The van der Waals surface area contributed by atoms with E-state index >= 15 is 0 Å². The van der Waals surface area contributed by atoms with Crippen LogP contribution in [-0.2, 0) is 15.6 Å². The van der Waals surface area contributed by atoms with Crippen molar-refractivity contribution in [3.05, 3.63) is 0 Å². The third-order valence-corrected chi connectivity index (χ3v) is 4.74. The van der Waals surface area contributed by atoms with E-state index in [1.165, 1.54) is 6.42 Å². The molecule has 0 saturated carbocycles. The van der Waals surface area contributed by atoms with Gasteiger partial charge in [-0.05, 0) is 12.8 Å². The van der Waals surface area contributed by atoms with Gasteiger partial charge < -0.3 is 0 Å². The Kier molecular flexibility index (Phi) is 1.83. The smallest absolute Gasteiger partial charge is 0.135 e. The largest absolute Gasteiger partial charge is 0.300 e. The van der Waals surface area contributed by atoms with Crippen LogP contribution in [0.25, 0.3) is 0 Å². The molecule has 0 aromatic carbocycles. The second kappa shape index (κ2) is 2.70. The molecule has 2 nitrogen and oxygen atoms in total. The van der Waals surface area contributed by atoms with Crippen LogP contribution >= 0.6 is 0 Å². The van der Waals surface area contributed by atoms with Crippen LogP contribution in [0, 0.1) is 0 Å². The fourth-order valence-electron chi connectivity index (χ4n) is 2.04. The summed E-state index contributed by atoms with van der Waals surface area (Å²) in [6.07, 6.45) is 4.37. The van der Waals surface area contributed by atoms with E-state index in [0.29, 0.717) is 18.6 Å². The summed E-state index contributed by atoms with van der Waals surface area (Å²) >= 11 is 0. The molecule has 0 N–H and O–H groups in total. The van der Waals surface area contributed by atoms with Crippen molar-refractivity contribution in [2.24, 2.45) is 0 Å². The highest BCUT2D eigenvalue weighted by atomic mass is 32.2. The maximum Gasteiger partial charge on any atom is 0.135 e. The van der Waals surface area contributed by atoms with Gasteiger partial charge in [0.1, 0.15) is 5.78 Å². The molecule has 0 aliphatic carbocycles. The summed E-state index contributed by atoms with van der Waals surface area (Å²) in [4.78, 5) is 11.1. The summed E-state index contributed by atoms with van der Waals surface area (Å²) in [6.45, 7) is 0. The SMILES string of the molecule is O=C1C[C@@H]2CCC[C@@H](C1)S2=O. The third kappa shape index (κ3) is 1.26. The highest BCUT2D eigenvalue weighted by Gasteiger charge is 2.36. The monoisotopic (exact) mass is 172 g/mol. The van der Waals surface area contributed by atoms with Gasteiger partial charge >= 0.3 is 0 Å². The molecule has 0 amide bonds. The number of carbonyl (C=O) groups excluding carboxylic acids is 1. The number of hydrogen-bond acceptors (Lipinski definition) is 2. The molecule has 11 heavy (non-hydrogen) atoms. The lowest BCUT2D eigenvalue weighted by atomic mass is 9.98. The number of carbonyl (C=O) groups is 1. The highest BCUT2D eigenvalue weighted by molar-refractivity contribution is 7.86. The molecule has 3 heteroatoms. The van der Waals surface area contributed by atoms with Crippen molar-refractivity contribution in [3.63, 3.8) is 0 Å². The molecule has 0 aromatic heterocycles. The molecular formula is C8H12O2S. The van der Waals surface area contributed by atoms with E-state index in [1.54, 1.807) is 0 Å². The minimum absolute atomic E-state index is 0.218. The van der Waals surface area contributed by atoms with Crippen molar-refractivity contribution >= 4 is 16.6 Å². The van der Waals surface area contributed by atoms with Crippen molar-refractivity contribution in [2.75, 3.05) is 0 Å². The van der Waals surface area contributed by atoms with Gasteiger partial charge in [-0.3, -0.25) is 9.00 Å². The summed E-state index contributed by atoms with van der Waals surface area (Å²) in [5, 5.41) is 0.435. The van der Waals surface area contributed by atoms with Crippen molar-refractivity contribution in [2.45, 2.75) is 42.6 Å². The van der Waals surface area contributed by atoms with Gasteiger partial charge in [-0.2, -0.15) is 0 Å². The predicted molar refractivity (Wildman–Crippen MR) is 43.8 cm³/mol. The fraction of sp³-hybridized carbons (Fsp3) is 0.875. The molecule has 2 rings (SSSR count). The van der Waals surface area contributed by atoms with Crippen LogP contribution in [0.2, 0.25) is 0 Å². The summed E-state index contributed by atoms with van der Waals surface area (Å²) in [5.74, 6) is 0.333. The zero-order valence-electron chi connectivity index (χ0n) is 6.41. The quantitative estimate of drug-likeness (QED) is 0.546. The molecule has 2 atom stereocenters. The zero-order chi connectivity index (χ0) is 7.84. The van der Waals surface area contributed by atoms with Crippen molar-refractivity contribution in [1.29, 1.82) is 0 Å². The van der Waals surface area contributed by atoms with Gasteiger partial charge in [0.05, 0.1) is 0 Å². The first kappa shape index (κ1) is 7.47. The summed E-state index contributed by atoms with van der Waals surface area (Å²) in [7, 11) is -0.677. The van der Waals surface area contributed by atoms with E-state index in [4.69, 9.17) is 0 Å². The maximum absolute atomic E-state index is 11.5. The van der Waals surface area contributed by atoms with E-state index in [0.717, 1.165) is 12.8 Å². The molecule has 2 heterocycles. The number of fused-ring (bicyclic) bond motifs is 2. The van der Waals surface area contributed by atoms with Gasteiger partial charge in [0.15, 0.2) is 0 Å². The number of Topliss-reactive ketones (excluding diaryl/α,β-unsaturated/α-hetero) is 1. The first-order valence-electron chi connectivity index (χ1n) is 4.18. The Morgan fingerprint density at radius 2 is 1.73 bits per heavy atom. The van der Waals surface area contributed by atoms with E-state index < -0.39 is 10.8 Å². The molecule has 2 aliphatic heterocycles. The highest BCUT2D eigenvalue weighted by Crippen LogP contribution is 2.31. The molecule has 2 saturated heterocycles. The molecular weight excluding hydrogens is 160 g/mol. The van der Waals surface area contributed by atoms with Crippen molar-refractivity contribution in [1.82, 2.24) is 0 Å². The normalized spacial score (nSPS) is 44.0. The van der Waals surface area contributed by atoms with Crippen LogP contribution in [0.3, 0.4) is 0 Å². The molecule has 0 spiro atoms. The van der Waals surface area contributed by atoms with Crippen LogP contribution in [0.4, 0.5) is 0 Å². The molecule has 0 radical (unpaired) electrons. The summed E-state index contributed by atoms with van der Waals surface area (Å²) in [5.41, 5.74) is 0. The van der Waals surface area contributed by atoms with E-state index in [1.807, 2.05) is 0 Å². The Morgan fingerprint density at radius 3 is 2.27 bits per heavy atom. The van der Waals surface area contributed by atoms with Crippen LogP contribution in [-0.4, -0.2) is 20.5 Å². The van der Waals surface area contributed by atoms with Gasteiger partial charge in [0.25, 0.3) is 0 Å². The van der Waals surface area contributed by atoms with Gasteiger partial charge in [-0.25, -0.2) is 0 Å². The maximum atomic E-state index is 11.5.